The number of hydrogen-bond donors (Lipinski definition) is 2. The van der Waals surface area contributed by atoms with Crippen LogP contribution in [0.4, 0.5) is 0 Å². The van der Waals surface area contributed by atoms with E-state index in [0.717, 1.165) is 36.0 Å². The molecule has 1 aromatic heterocycles. The third-order valence-corrected chi connectivity index (χ3v) is 5.58. The lowest BCUT2D eigenvalue weighted by molar-refractivity contribution is -0.127. The Balaban J connectivity index is 1.66. The molecule has 4 rings (SSSR count). The fourth-order valence-corrected chi connectivity index (χ4v) is 3.95. The molecule has 3 N–H and O–H groups in total. The summed E-state index contributed by atoms with van der Waals surface area (Å²) in [6.45, 7) is 3.84. The van der Waals surface area contributed by atoms with Crippen LogP contribution in [0.15, 0.2) is 35.1 Å². The summed E-state index contributed by atoms with van der Waals surface area (Å²) in [7, 11) is 0. The van der Waals surface area contributed by atoms with Gasteiger partial charge in [-0.1, -0.05) is 0 Å². The maximum Gasteiger partial charge on any atom is 0.251 e. The average Bonchev–Trinajstić information content (AvgIpc) is 2.67. The number of amides is 1. The molecule has 7 heteroatoms. The molecule has 1 saturated heterocycles. The minimum atomic E-state index is -0.210. The summed E-state index contributed by atoms with van der Waals surface area (Å²) >= 11 is 0. The van der Waals surface area contributed by atoms with Gasteiger partial charge in [-0.25, -0.2) is 0 Å². The Kier molecular flexibility index (Phi) is 5.13. The number of aromatic nitrogens is 1. The van der Waals surface area contributed by atoms with Gasteiger partial charge < -0.3 is 25.3 Å². The molecule has 7 nitrogen and oxygen atoms in total. The lowest BCUT2D eigenvalue weighted by Crippen LogP contribution is -2.53. The van der Waals surface area contributed by atoms with Crippen molar-refractivity contribution in [2.24, 2.45) is 11.7 Å². The number of nitrogens with zero attached hydrogens (tertiary/aromatic N) is 2. The number of pyridine rings is 1. The molecule has 2 aromatic rings. The highest BCUT2D eigenvalue weighted by atomic mass is 16.5. The summed E-state index contributed by atoms with van der Waals surface area (Å²) in [5.41, 5.74) is 7.06. The van der Waals surface area contributed by atoms with Gasteiger partial charge in [-0.3, -0.25) is 9.59 Å². The van der Waals surface area contributed by atoms with Crippen LogP contribution in [0.25, 0.3) is 10.9 Å². The molecule has 0 spiro atoms. The molecule has 3 unspecified atom stereocenters. The number of ether oxygens (including phenoxy) is 1. The monoisotopic (exact) mass is 370 g/mol. The van der Waals surface area contributed by atoms with E-state index >= 15 is 0 Å². The topological polar surface area (TPSA) is 89.6 Å². The number of piperidine rings is 1. The number of hydrogen-bond acceptors (Lipinski definition) is 5. The zero-order valence-corrected chi connectivity index (χ0v) is 15.4. The lowest BCUT2D eigenvalue weighted by Gasteiger charge is -2.36. The zero-order valence-electron chi connectivity index (χ0n) is 15.4. The molecule has 144 valence electrons. The van der Waals surface area contributed by atoms with Crippen molar-refractivity contribution < 1.29 is 9.53 Å². The Hall–Kier alpha value is -2.38. The van der Waals surface area contributed by atoms with E-state index in [1.807, 2.05) is 24.3 Å². The summed E-state index contributed by atoms with van der Waals surface area (Å²) in [6.07, 6.45) is 1.51. The smallest absolute Gasteiger partial charge is 0.251 e. The van der Waals surface area contributed by atoms with Crippen molar-refractivity contribution in [3.8, 4) is 5.75 Å². The van der Waals surface area contributed by atoms with E-state index in [9.17, 15) is 9.59 Å². The molecule has 0 aliphatic carbocycles. The van der Waals surface area contributed by atoms with Gasteiger partial charge in [-0.15, -0.1) is 0 Å². The van der Waals surface area contributed by atoms with Gasteiger partial charge in [-0.2, -0.15) is 0 Å². The van der Waals surface area contributed by atoms with Gasteiger partial charge >= 0.3 is 0 Å². The van der Waals surface area contributed by atoms with Crippen LogP contribution in [-0.2, 0) is 11.3 Å². The van der Waals surface area contributed by atoms with Gasteiger partial charge in [0.2, 0.25) is 5.91 Å². The van der Waals surface area contributed by atoms with Crippen LogP contribution in [0.2, 0.25) is 0 Å². The summed E-state index contributed by atoms with van der Waals surface area (Å²) in [5, 5.41) is 4.01. The lowest BCUT2D eigenvalue weighted by atomic mass is 9.92. The number of rotatable bonds is 0. The predicted octanol–water partition coefficient (Wildman–Crippen LogP) is 0.549. The van der Waals surface area contributed by atoms with E-state index in [-0.39, 0.29) is 23.4 Å². The highest BCUT2D eigenvalue weighted by Gasteiger charge is 2.31. The summed E-state index contributed by atoms with van der Waals surface area (Å²) < 4.78 is 7.62. The van der Waals surface area contributed by atoms with Crippen molar-refractivity contribution in [3.05, 3.63) is 40.7 Å². The minimum Gasteiger partial charge on any atom is -0.493 e. The number of fused-ring (bicyclic) bond motifs is 3. The largest absolute Gasteiger partial charge is 0.493 e. The van der Waals surface area contributed by atoms with Crippen LogP contribution in [0.1, 0.15) is 12.8 Å². The van der Waals surface area contributed by atoms with Gasteiger partial charge in [-0.05, 0) is 43.0 Å². The highest BCUT2D eigenvalue weighted by molar-refractivity contribution is 5.80. The van der Waals surface area contributed by atoms with Gasteiger partial charge in [0.25, 0.3) is 5.56 Å². The normalized spacial score (nSPS) is 26.7. The molecular weight excluding hydrogens is 344 g/mol. The van der Waals surface area contributed by atoms with Crippen molar-refractivity contribution in [1.29, 1.82) is 0 Å². The zero-order chi connectivity index (χ0) is 18.8. The van der Waals surface area contributed by atoms with Crippen LogP contribution < -0.4 is 21.3 Å². The number of benzene rings is 1. The van der Waals surface area contributed by atoms with Crippen LogP contribution in [0.5, 0.6) is 5.75 Å². The number of nitrogens with one attached hydrogen (secondary N) is 1. The second-order valence-electron chi connectivity index (χ2n) is 7.40. The Morgan fingerprint density at radius 2 is 1.96 bits per heavy atom. The number of carbonyl (C=O) groups excluding carboxylic acids is 1. The first kappa shape index (κ1) is 18.0. The molecule has 3 heterocycles. The minimum absolute atomic E-state index is 0.0157. The van der Waals surface area contributed by atoms with Crippen LogP contribution in [0.3, 0.4) is 0 Å². The molecule has 0 radical (unpaired) electrons. The SMILES string of the molecule is NC1CCN2CCn3c(=O)ccc4ccc(cc43)OCCCNC(=O)C1C2. The van der Waals surface area contributed by atoms with Crippen molar-refractivity contribution in [1.82, 2.24) is 14.8 Å². The van der Waals surface area contributed by atoms with Crippen molar-refractivity contribution >= 4 is 16.8 Å². The van der Waals surface area contributed by atoms with E-state index in [1.54, 1.807) is 10.6 Å². The molecule has 4 bridgehead atoms. The standard InChI is InChI=1S/C20H26N4O3/c21-17-6-8-23-9-10-24-18-12-15(4-2-14(18)3-5-19(24)25)27-11-1-7-22-20(26)16(17)13-23/h2-5,12,16-17H,1,6-11,13,21H2,(H,22,26). The van der Waals surface area contributed by atoms with Crippen molar-refractivity contribution in [2.75, 3.05) is 32.8 Å². The molecule has 1 fully saturated rings. The first-order valence-electron chi connectivity index (χ1n) is 9.64. The second-order valence-corrected chi connectivity index (χ2v) is 7.40. The van der Waals surface area contributed by atoms with Gasteiger partial charge in [0, 0.05) is 44.4 Å². The van der Waals surface area contributed by atoms with E-state index in [4.69, 9.17) is 10.5 Å². The predicted molar refractivity (Wildman–Crippen MR) is 104 cm³/mol. The van der Waals surface area contributed by atoms with Crippen LogP contribution >= 0.6 is 0 Å². The molecule has 0 saturated carbocycles. The van der Waals surface area contributed by atoms with Crippen molar-refractivity contribution in [3.63, 3.8) is 0 Å². The maximum absolute atomic E-state index is 12.5. The molecule has 2 aliphatic rings. The van der Waals surface area contributed by atoms with Crippen LogP contribution in [-0.4, -0.2) is 54.2 Å². The van der Waals surface area contributed by atoms with Gasteiger partial charge in [0.05, 0.1) is 18.0 Å². The highest BCUT2D eigenvalue weighted by Crippen LogP contribution is 2.21. The van der Waals surface area contributed by atoms with E-state index < -0.39 is 0 Å². The van der Waals surface area contributed by atoms with Gasteiger partial charge in [0.15, 0.2) is 0 Å². The first-order valence-corrected chi connectivity index (χ1v) is 9.64. The Morgan fingerprint density at radius 3 is 2.85 bits per heavy atom. The van der Waals surface area contributed by atoms with E-state index in [0.29, 0.717) is 32.8 Å². The molecule has 3 atom stereocenters. The van der Waals surface area contributed by atoms with Crippen molar-refractivity contribution in [2.45, 2.75) is 25.4 Å². The average molecular weight is 370 g/mol. The first-order chi connectivity index (χ1) is 13.1. The fourth-order valence-electron chi connectivity index (χ4n) is 3.95. The molecule has 2 aliphatic heterocycles. The summed E-state index contributed by atoms with van der Waals surface area (Å²) in [5.74, 6) is 0.546. The second kappa shape index (κ2) is 7.70. The summed E-state index contributed by atoms with van der Waals surface area (Å²) in [4.78, 5) is 27.2. The number of nitrogens with two attached hydrogens (primary N) is 1. The molecular formula is C20H26N4O3. The van der Waals surface area contributed by atoms with E-state index in [1.165, 1.54) is 0 Å². The maximum atomic E-state index is 12.5. The van der Waals surface area contributed by atoms with Crippen LogP contribution in [0, 0.1) is 5.92 Å². The molecule has 1 aromatic carbocycles. The number of carbonyl (C=O) groups is 1. The third-order valence-electron chi connectivity index (χ3n) is 5.58. The quantitative estimate of drug-likeness (QED) is 0.707. The molecule has 27 heavy (non-hydrogen) atoms. The Labute approximate surface area is 158 Å². The Morgan fingerprint density at radius 1 is 1.11 bits per heavy atom. The van der Waals surface area contributed by atoms with Gasteiger partial charge in [0.1, 0.15) is 5.75 Å². The third kappa shape index (κ3) is 3.84. The summed E-state index contributed by atoms with van der Waals surface area (Å²) in [6, 6.07) is 9.18. The van der Waals surface area contributed by atoms with E-state index in [2.05, 4.69) is 10.2 Å². The molecule has 1 amide bonds. The fraction of sp³-hybridized carbons (Fsp3) is 0.500. The Bertz CT molecular complexity index is 894.